The molecule has 1 aromatic carbocycles. The molecule has 2 nitrogen and oxygen atoms in total. The number of aliphatic hydroxyl groups is 1. The van der Waals surface area contributed by atoms with Crippen LogP contribution in [-0.4, -0.2) is 17.8 Å². The topological polar surface area (TPSA) is 32.3 Å². The van der Waals surface area contributed by atoms with Gasteiger partial charge in [0.1, 0.15) is 5.82 Å². The Balaban J connectivity index is 2.60. The van der Waals surface area contributed by atoms with E-state index < -0.39 is 0 Å². The number of hydrogen-bond acceptors (Lipinski definition) is 2. The van der Waals surface area contributed by atoms with E-state index in [0.717, 1.165) is 5.56 Å². The van der Waals surface area contributed by atoms with E-state index in [9.17, 15) is 4.39 Å². The van der Waals surface area contributed by atoms with Crippen LogP contribution < -0.4 is 5.32 Å². The van der Waals surface area contributed by atoms with Gasteiger partial charge in [0.05, 0.1) is 6.61 Å². The standard InChI is InChI=1S/C11H16FNO/c1-8(7-14)13-9(2)10-3-5-11(12)6-4-10/h3-6,8-9,13-14H,7H2,1-2H3/t8-,9?/m1/s1. The molecule has 14 heavy (non-hydrogen) atoms. The zero-order chi connectivity index (χ0) is 10.6. The highest BCUT2D eigenvalue weighted by atomic mass is 19.1. The molecule has 0 heterocycles. The van der Waals surface area contributed by atoms with Crippen molar-refractivity contribution in [1.82, 2.24) is 5.32 Å². The number of benzene rings is 1. The predicted molar refractivity (Wildman–Crippen MR) is 54.5 cm³/mol. The van der Waals surface area contributed by atoms with E-state index >= 15 is 0 Å². The molecule has 0 aliphatic heterocycles. The van der Waals surface area contributed by atoms with E-state index in [0.29, 0.717) is 0 Å². The highest BCUT2D eigenvalue weighted by Crippen LogP contribution is 2.13. The van der Waals surface area contributed by atoms with Gasteiger partial charge in [-0.2, -0.15) is 0 Å². The largest absolute Gasteiger partial charge is 0.395 e. The Bertz CT molecular complexity index is 273. The van der Waals surface area contributed by atoms with Crippen LogP contribution in [0.15, 0.2) is 24.3 Å². The summed E-state index contributed by atoms with van der Waals surface area (Å²) in [4.78, 5) is 0. The van der Waals surface area contributed by atoms with Gasteiger partial charge in [-0.05, 0) is 31.5 Å². The van der Waals surface area contributed by atoms with Crippen molar-refractivity contribution < 1.29 is 9.50 Å². The molecule has 0 aliphatic rings. The number of hydrogen-bond donors (Lipinski definition) is 2. The van der Waals surface area contributed by atoms with Crippen LogP contribution in [0.3, 0.4) is 0 Å². The molecule has 0 spiro atoms. The lowest BCUT2D eigenvalue weighted by Gasteiger charge is -2.18. The van der Waals surface area contributed by atoms with E-state index in [1.807, 2.05) is 13.8 Å². The summed E-state index contributed by atoms with van der Waals surface area (Å²) in [6.45, 7) is 3.99. The summed E-state index contributed by atoms with van der Waals surface area (Å²) in [5.41, 5.74) is 1.02. The zero-order valence-corrected chi connectivity index (χ0v) is 8.50. The minimum absolute atomic E-state index is 0.0510. The second-order valence-electron chi connectivity index (χ2n) is 3.52. The van der Waals surface area contributed by atoms with Crippen molar-refractivity contribution in [2.45, 2.75) is 25.9 Å². The molecule has 0 saturated heterocycles. The normalized spacial score (nSPS) is 15.1. The molecule has 78 valence electrons. The molecule has 1 rings (SSSR count). The van der Waals surface area contributed by atoms with Crippen molar-refractivity contribution in [3.63, 3.8) is 0 Å². The quantitative estimate of drug-likeness (QED) is 0.772. The van der Waals surface area contributed by atoms with Crippen molar-refractivity contribution in [2.24, 2.45) is 0 Å². The first-order chi connectivity index (χ1) is 6.63. The van der Waals surface area contributed by atoms with Gasteiger partial charge in [-0.3, -0.25) is 0 Å². The lowest BCUT2D eigenvalue weighted by Crippen LogP contribution is -2.31. The first-order valence-electron chi connectivity index (χ1n) is 4.76. The van der Waals surface area contributed by atoms with Crippen LogP contribution in [0.2, 0.25) is 0 Å². The lowest BCUT2D eigenvalue weighted by molar-refractivity contribution is 0.243. The summed E-state index contributed by atoms with van der Waals surface area (Å²) in [5.74, 6) is -0.226. The maximum absolute atomic E-state index is 12.6. The summed E-state index contributed by atoms with van der Waals surface area (Å²) in [6.07, 6.45) is 0. The first-order valence-corrected chi connectivity index (χ1v) is 4.76. The fraction of sp³-hybridized carbons (Fsp3) is 0.455. The van der Waals surface area contributed by atoms with E-state index in [-0.39, 0.29) is 24.5 Å². The Morgan fingerprint density at radius 2 is 1.86 bits per heavy atom. The molecule has 0 amide bonds. The lowest BCUT2D eigenvalue weighted by atomic mass is 10.1. The molecule has 0 bridgehead atoms. The van der Waals surface area contributed by atoms with Gasteiger partial charge in [0.2, 0.25) is 0 Å². The Morgan fingerprint density at radius 3 is 2.36 bits per heavy atom. The van der Waals surface area contributed by atoms with Crippen LogP contribution in [0.25, 0.3) is 0 Å². The molecule has 2 N–H and O–H groups in total. The average molecular weight is 197 g/mol. The monoisotopic (exact) mass is 197 g/mol. The Morgan fingerprint density at radius 1 is 1.29 bits per heavy atom. The summed E-state index contributed by atoms with van der Waals surface area (Å²) in [7, 11) is 0. The van der Waals surface area contributed by atoms with Crippen LogP contribution in [0.1, 0.15) is 25.5 Å². The molecule has 0 aliphatic carbocycles. The third-order valence-electron chi connectivity index (χ3n) is 2.18. The molecule has 0 radical (unpaired) electrons. The number of aliphatic hydroxyl groups excluding tert-OH is 1. The molecular formula is C11H16FNO. The minimum Gasteiger partial charge on any atom is -0.395 e. The zero-order valence-electron chi connectivity index (χ0n) is 8.50. The maximum Gasteiger partial charge on any atom is 0.123 e. The predicted octanol–water partition coefficient (Wildman–Crippen LogP) is 1.86. The van der Waals surface area contributed by atoms with Gasteiger partial charge >= 0.3 is 0 Å². The molecule has 3 heteroatoms. The van der Waals surface area contributed by atoms with Gasteiger partial charge in [-0.15, -0.1) is 0 Å². The Hall–Kier alpha value is -0.930. The molecule has 0 aromatic heterocycles. The van der Waals surface area contributed by atoms with Crippen molar-refractivity contribution in [2.75, 3.05) is 6.61 Å². The smallest absolute Gasteiger partial charge is 0.123 e. The third-order valence-corrected chi connectivity index (χ3v) is 2.18. The molecule has 1 unspecified atom stereocenters. The van der Waals surface area contributed by atoms with Crippen molar-refractivity contribution in [3.8, 4) is 0 Å². The minimum atomic E-state index is -0.226. The summed E-state index contributed by atoms with van der Waals surface area (Å²) >= 11 is 0. The van der Waals surface area contributed by atoms with Crippen LogP contribution in [-0.2, 0) is 0 Å². The molecule has 0 saturated carbocycles. The summed E-state index contributed by atoms with van der Waals surface area (Å²) in [5, 5.41) is 12.0. The van der Waals surface area contributed by atoms with Crippen LogP contribution in [0.5, 0.6) is 0 Å². The molecule has 2 atom stereocenters. The summed E-state index contributed by atoms with van der Waals surface area (Å²) < 4.78 is 12.6. The average Bonchev–Trinajstić information content (AvgIpc) is 2.18. The fourth-order valence-electron chi connectivity index (χ4n) is 1.33. The molecule has 1 aromatic rings. The van der Waals surface area contributed by atoms with E-state index in [1.165, 1.54) is 12.1 Å². The van der Waals surface area contributed by atoms with E-state index in [4.69, 9.17) is 5.11 Å². The van der Waals surface area contributed by atoms with Crippen molar-refractivity contribution >= 4 is 0 Å². The maximum atomic E-state index is 12.6. The fourth-order valence-corrected chi connectivity index (χ4v) is 1.33. The van der Waals surface area contributed by atoms with Crippen LogP contribution in [0, 0.1) is 5.82 Å². The summed E-state index contributed by atoms with van der Waals surface area (Å²) in [6, 6.07) is 6.55. The number of nitrogens with one attached hydrogen (secondary N) is 1. The molecular weight excluding hydrogens is 181 g/mol. The van der Waals surface area contributed by atoms with Crippen molar-refractivity contribution in [1.29, 1.82) is 0 Å². The second kappa shape index (κ2) is 5.08. The SMILES string of the molecule is CC(N[C@H](C)CO)c1ccc(F)cc1. The highest BCUT2D eigenvalue weighted by Gasteiger charge is 2.07. The van der Waals surface area contributed by atoms with Crippen LogP contribution >= 0.6 is 0 Å². The van der Waals surface area contributed by atoms with Gasteiger partial charge in [0, 0.05) is 12.1 Å². The number of rotatable bonds is 4. The first kappa shape index (κ1) is 11.1. The molecule has 0 fully saturated rings. The Labute approximate surface area is 83.8 Å². The second-order valence-corrected chi connectivity index (χ2v) is 3.52. The van der Waals surface area contributed by atoms with E-state index in [2.05, 4.69) is 5.32 Å². The van der Waals surface area contributed by atoms with Gasteiger partial charge in [0.15, 0.2) is 0 Å². The van der Waals surface area contributed by atoms with Gasteiger partial charge < -0.3 is 10.4 Å². The van der Waals surface area contributed by atoms with E-state index in [1.54, 1.807) is 12.1 Å². The number of halogens is 1. The highest BCUT2D eigenvalue weighted by molar-refractivity contribution is 5.19. The Kier molecular flexibility index (Phi) is 4.04. The van der Waals surface area contributed by atoms with Gasteiger partial charge in [-0.25, -0.2) is 4.39 Å². The van der Waals surface area contributed by atoms with Crippen molar-refractivity contribution in [3.05, 3.63) is 35.6 Å². The van der Waals surface area contributed by atoms with Gasteiger partial charge in [-0.1, -0.05) is 12.1 Å². The van der Waals surface area contributed by atoms with Gasteiger partial charge in [0.25, 0.3) is 0 Å². The third kappa shape index (κ3) is 3.09. The van der Waals surface area contributed by atoms with Crippen LogP contribution in [0.4, 0.5) is 4.39 Å².